The SMILES string of the molecule is N#Cc1nccnc1NCc1cc(N)ccc1O. The van der Waals surface area contributed by atoms with Gasteiger partial charge in [0.15, 0.2) is 11.5 Å². The van der Waals surface area contributed by atoms with Gasteiger partial charge >= 0.3 is 0 Å². The van der Waals surface area contributed by atoms with E-state index < -0.39 is 0 Å². The lowest BCUT2D eigenvalue weighted by molar-refractivity contribution is 0.469. The van der Waals surface area contributed by atoms with Crippen LogP contribution in [0.15, 0.2) is 30.6 Å². The summed E-state index contributed by atoms with van der Waals surface area (Å²) < 4.78 is 0. The van der Waals surface area contributed by atoms with Crippen molar-refractivity contribution in [3.8, 4) is 11.8 Å². The summed E-state index contributed by atoms with van der Waals surface area (Å²) in [5.74, 6) is 0.515. The lowest BCUT2D eigenvalue weighted by atomic mass is 10.2. The minimum Gasteiger partial charge on any atom is -0.508 e. The van der Waals surface area contributed by atoms with Gasteiger partial charge in [0.1, 0.15) is 11.8 Å². The molecule has 4 N–H and O–H groups in total. The zero-order valence-corrected chi connectivity index (χ0v) is 9.46. The summed E-state index contributed by atoms with van der Waals surface area (Å²) in [4.78, 5) is 7.88. The van der Waals surface area contributed by atoms with E-state index in [-0.39, 0.29) is 11.4 Å². The summed E-state index contributed by atoms with van der Waals surface area (Å²) in [7, 11) is 0. The van der Waals surface area contributed by atoms with Gasteiger partial charge in [0.05, 0.1) is 0 Å². The molecule has 90 valence electrons. The van der Waals surface area contributed by atoms with Gasteiger partial charge in [0.2, 0.25) is 0 Å². The Labute approximate surface area is 104 Å². The van der Waals surface area contributed by atoms with Gasteiger partial charge in [-0.05, 0) is 18.2 Å². The van der Waals surface area contributed by atoms with Gasteiger partial charge in [-0.3, -0.25) is 0 Å². The van der Waals surface area contributed by atoms with Crippen molar-refractivity contribution in [1.82, 2.24) is 9.97 Å². The first kappa shape index (κ1) is 11.7. The quantitative estimate of drug-likeness (QED) is 0.551. The van der Waals surface area contributed by atoms with E-state index in [1.165, 1.54) is 18.5 Å². The number of hydrogen-bond donors (Lipinski definition) is 3. The summed E-state index contributed by atoms with van der Waals surface area (Å²) >= 11 is 0. The smallest absolute Gasteiger partial charge is 0.182 e. The lowest BCUT2D eigenvalue weighted by Gasteiger charge is -2.08. The summed E-state index contributed by atoms with van der Waals surface area (Å²) in [6.07, 6.45) is 2.93. The zero-order valence-electron chi connectivity index (χ0n) is 9.46. The second-order valence-corrected chi connectivity index (χ2v) is 3.61. The molecule has 0 saturated carbocycles. The first-order valence-corrected chi connectivity index (χ1v) is 5.23. The molecule has 0 unspecified atom stereocenters. The largest absolute Gasteiger partial charge is 0.508 e. The van der Waals surface area contributed by atoms with Gasteiger partial charge in [-0.25, -0.2) is 9.97 Å². The Morgan fingerprint density at radius 2 is 2.11 bits per heavy atom. The molecule has 0 spiro atoms. The molecule has 1 aromatic heterocycles. The van der Waals surface area contributed by atoms with Crippen LogP contribution in [0.4, 0.5) is 11.5 Å². The van der Waals surface area contributed by atoms with E-state index in [0.717, 1.165) is 0 Å². The highest BCUT2D eigenvalue weighted by Gasteiger charge is 2.06. The molecule has 0 amide bonds. The summed E-state index contributed by atoms with van der Waals surface area (Å²) in [6, 6.07) is 6.73. The van der Waals surface area contributed by atoms with Crippen molar-refractivity contribution in [2.24, 2.45) is 0 Å². The van der Waals surface area contributed by atoms with Crippen LogP contribution in [0.1, 0.15) is 11.3 Å². The van der Waals surface area contributed by atoms with Gasteiger partial charge in [-0.15, -0.1) is 0 Å². The Kier molecular flexibility index (Phi) is 3.25. The van der Waals surface area contributed by atoms with Gasteiger partial charge < -0.3 is 16.2 Å². The number of anilines is 2. The third kappa shape index (κ3) is 2.47. The van der Waals surface area contributed by atoms with Crippen molar-refractivity contribution in [2.45, 2.75) is 6.54 Å². The van der Waals surface area contributed by atoms with E-state index >= 15 is 0 Å². The fourth-order valence-corrected chi connectivity index (χ4v) is 1.48. The first-order chi connectivity index (χ1) is 8.70. The fourth-order valence-electron chi connectivity index (χ4n) is 1.48. The first-order valence-electron chi connectivity index (χ1n) is 5.23. The molecule has 1 heterocycles. The minimum atomic E-state index is 0.138. The van der Waals surface area contributed by atoms with Gasteiger partial charge in [-0.1, -0.05) is 0 Å². The van der Waals surface area contributed by atoms with Crippen LogP contribution in [0.5, 0.6) is 5.75 Å². The number of nitrogens with zero attached hydrogens (tertiary/aromatic N) is 3. The van der Waals surface area contributed by atoms with Crippen LogP contribution in [0.2, 0.25) is 0 Å². The number of nitrogens with one attached hydrogen (secondary N) is 1. The number of nitrogen functional groups attached to an aromatic ring is 1. The van der Waals surface area contributed by atoms with E-state index in [1.807, 2.05) is 6.07 Å². The topological polar surface area (TPSA) is 108 Å². The van der Waals surface area contributed by atoms with E-state index in [1.54, 1.807) is 12.1 Å². The Morgan fingerprint density at radius 3 is 2.89 bits per heavy atom. The molecule has 0 bridgehead atoms. The third-order valence-electron chi connectivity index (χ3n) is 2.35. The number of nitriles is 1. The summed E-state index contributed by atoms with van der Waals surface area (Å²) in [5, 5.41) is 21.4. The van der Waals surface area contributed by atoms with Crippen LogP contribution in [0.25, 0.3) is 0 Å². The van der Waals surface area contributed by atoms with Gasteiger partial charge in [0.25, 0.3) is 0 Å². The molecule has 0 radical (unpaired) electrons. The normalized spacial score (nSPS) is 9.72. The van der Waals surface area contributed by atoms with Crippen molar-refractivity contribution in [2.75, 3.05) is 11.1 Å². The minimum absolute atomic E-state index is 0.138. The fraction of sp³-hybridized carbons (Fsp3) is 0.0833. The number of nitrogens with two attached hydrogens (primary N) is 1. The van der Waals surface area contributed by atoms with E-state index in [2.05, 4.69) is 15.3 Å². The number of phenolic OH excluding ortho intramolecular Hbond substituents is 1. The van der Waals surface area contributed by atoms with Crippen molar-refractivity contribution >= 4 is 11.5 Å². The van der Waals surface area contributed by atoms with Crippen molar-refractivity contribution in [3.63, 3.8) is 0 Å². The standard InChI is InChI=1S/C12H11N5O/c13-6-10-12(16-4-3-15-10)17-7-8-5-9(14)1-2-11(8)18/h1-5,18H,7,14H2,(H,16,17). The molecular weight excluding hydrogens is 230 g/mol. The van der Waals surface area contributed by atoms with Crippen LogP contribution in [0, 0.1) is 11.3 Å². The molecule has 18 heavy (non-hydrogen) atoms. The van der Waals surface area contributed by atoms with E-state index in [0.29, 0.717) is 23.6 Å². The average molecular weight is 241 g/mol. The Morgan fingerprint density at radius 1 is 1.33 bits per heavy atom. The van der Waals surface area contributed by atoms with Crippen LogP contribution in [-0.4, -0.2) is 15.1 Å². The predicted molar refractivity (Wildman–Crippen MR) is 66.6 cm³/mol. The Hall–Kier alpha value is -2.81. The Bertz CT molecular complexity index is 606. The highest BCUT2D eigenvalue weighted by molar-refractivity contribution is 5.51. The van der Waals surface area contributed by atoms with Crippen LogP contribution in [0.3, 0.4) is 0 Å². The van der Waals surface area contributed by atoms with Crippen LogP contribution < -0.4 is 11.1 Å². The zero-order chi connectivity index (χ0) is 13.0. The molecule has 0 aliphatic carbocycles. The van der Waals surface area contributed by atoms with Crippen LogP contribution in [-0.2, 0) is 6.54 Å². The number of aromatic hydroxyl groups is 1. The second-order valence-electron chi connectivity index (χ2n) is 3.61. The molecule has 6 nitrogen and oxygen atoms in total. The molecule has 0 fully saturated rings. The van der Waals surface area contributed by atoms with Crippen molar-refractivity contribution < 1.29 is 5.11 Å². The van der Waals surface area contributed by atoms with E-state index in [4.69, 9.17) is 11.0 Å². The summed E-state index contributed by atoms with van der Waals surface area (Å²) in [5.41, 5.74) is 7.03. The maximum Gasteiger partial charge on any atom is 0.182 e. The molecule has 0 saturated heterocycles. The highest BCUT2D eigenvalue weighted by Crippen LogP contribution is 2.20. The third-order valence-corrected chi connectivity index (χ3v) is 2.35. The molecular formula is C12H11N5O. The van der Waals surface area contributed by atoms with E-state index in [9.17, 15) is 5.11 Å². The van der Waals surface area contributed by atoms with Crippen molar-refractivity contribution in [3.05, 3.63) is 41.9 Å². The molecule has 2 aromatic rings. The molecule has 6 heteroatoms. The van der Waals surface area contributed by atoms with Gasteiger partial charge in [0, 0.05) is 30.2 Å². The second kappa shape index (κ2) is 5.01. The maximum atomic E-state index is 9.64. The molecule has 2 rings (SSSR count). The average Bonchev–Trinajstić information content (AvgIpc) is 2.40. The number of aromatic nitrogens is 2. The monoisotopic (exact) mass is 241 g/mol. The molecule has 0 atom stereocenters. The molecule has 0 aliphatic heterocycles. The number of benzene rings is 1. The number of phenols is 1. The Balaban J connectivity index is 2.17. The molecule has 1 aromatic carbocycles. The van der Waals surface area contributed by atoms with Crippen molar-refractivity contribution in [1.29, 1.82) is 5.26 Å². The highest BCUT2D eigenvalue weighted by atomic mass is 16.3. The molecule has 0 aliphatic rings. The number of hydrogen-bond acceptors (Lipinski definition) is 6. The maximum absolute atomic E-state index is 9.64. The number of rotatable bonds is 3. The van der Waals surface area contributed by atoms with Gasteiger partial charge in [-0.2, -0.15) is 5.26 Å². The van der Waals surface area contributed by atoms with Crippen LogP contribution >= 0.6 is 0 Å². The summed E-state index contributed by atoms with van der Waals surface area (Å²) in [6.45, 7) is 0.310. The lowest BCUT2D eigenvalue weighted by Crippen LogP contribution is -2.05. The predicted octanol–water partition coefficient (Wildman–Crippen LogP) is 1.25.